The summed E-state index contributed by atoms with van der Waals surface area (Å²) in [5, 5.41) is 6.85. The number of aromatic nitrogens is 2. The molecule has 7 nitrogen and oxygen atoms in total. The molecule has 4 rings (SSSR count). The lowest BCUT2D eigenvalue weighted by atomic mass is 10.1. The van der Waals surface area contributed by atoms with Crippen LogP contribution in [0.25, 0.3) is 11.3 Å². The average Bonchev–Trinajstić information content (AvgIpc) is 2.97. The Bertz CT molecular complexity index is 1110. The van der Waals surface area contributed by atoms with Crippen LogP contribution in [0, 0.1) is 0 Å². The van der Waals surface area contributed by atoms with Gasteiger partial charge in [0, 0.05) is 43.1 Å². The van der Waals surface area contributed by atoms with E-state index in [2.05, 4.69) is 58.6 Å². The molecule has 0 radical (unpaired) electrons. The molecule has 34 heavy (non-hydrogen) atoms. The Kier molecular flexibility index (Phi) is 7.87. The van der Waals surface area contributed by atoms with Crippen molar-refractivity contribution in [1.82, 2.24) is 20.2 Å². The molecule has 0 fully saturated rings. The summed E-state index contributed by atoms with van der Waals surface area (Å²) in [5.74, 6) is 0.560. The fraction of sp³-hybridized carbons (Fsp3) is 0.370. The highest BCUT2D eigenvalue weighted by atomic mass is 16.2. The molecule has 0 unspecified atom stereocenters. The Morgan fingerprint density at radius 1 is 1.03 bits per heavy atom. The lowest BCUT2D eigenvalue weighted by Crippen LogP contribution is -2.32. The van der Waals surface area contributed by atoms with Gasteiger partial charge in [0.05, 0.1) is 17.8 Å². The van der Waals surface area contributed by atoms with Gasteiger partial charge in [0.15, 0.2) is 0 Å². The Hall–Kier alpha value is -3.29. The van der Waals surface area contributed by atoms with Crippen molar-refractivity contribution in [3.63, 3.8) is 0 Å². The predicted octanol–water partition coefficient (Wildman–Crippen LogP) is 3.88. The minimum atomic E-state index is 0.0358. The van der Waals surface area contributed by atoms with E-state index in [0.29, 0.717) is 12.4 Å². The number of nitrogens with one attached hydrogen (secondary N) is 2. The molecule has 0 saturated carbocycles. The number of anilines is 3. The fourth-order valence-electron chi connectivity index (χ4n) is 4.23. The molecule has 2 heterocycles. The second kappa shape index (κ2) is 11.2. The third-order valence-corrected chi connectivity index (χ3v) is 6.40. The topological polar surface area (TPSA) is 73.4 Å². The van der Waals surface area contributed by atoms with Crippen molar-refractivity contribution < 1.29 is 4.79 Å². The highest BCUT2D eigenvalue weighted by Crippen LogP contribution is 2.35. The highest BCUT2D eigenvalue weighted by molar-refractivity contribution is 6.01. The number of hydrogen-bond acceptors (Lipinski definition) is 6. The van der Waals surface area contributed by atoms with Crippen LogP contribution < -0.4 is 15.5 Å². The SMILES string of the molecule is CCN(CC)CCNCCc1ccc(Nc2ncc3c(n2)-c2ccccc2N(C)C(=O)C3)cc1. The molecule has 0 bridgehead atoms. The number of para-hydroxylation sites is 1. The first-order chi connectivity index (χ1) is 16.6. The van der Waals surface area contributed by atoms with E-state index in [-0.39, 0.29) is 5.91 Å². The number of carbonyl (C=O) groups excluding carboxylic acids is 1. The third kappa shape index (κ3) is 5.61. The van der Waals surface area contributed by atoms with Gasteiger partial charge >= 0.3 is 0 Å². The Morgan fingerprint density at radius 2 is 1.79 bits per heavy atom. The van der Waals surface area contributed by atoms with E-state index in [4.69, 9.17) is 4.98 Å². The normalized spacial score (nSPS) is 12.9. The monoisotopic (exact) mass is 458 g/mol. The molecule has 1 aromatic heterocycles. The Labute approximate surface area is 202 Å². The third-order valence-electron chi connectivity index (χ3n) is 6.40. The zero-order chi connectivity index (χ0) is 23.9. The largest absolute Gasteiger partial charge is 0.324 e. The first kappa shape index (κ1) is 23.9. The maximum Gasteiger partial charge on any atom is 0.231 e. The van der Waals surface area contributed by atoms with Crippen molar-refractivity contribution in [2.75, 3.05) is 50.0 Å². The van der Waals surface area contributed by atoms with Gasteiger partial charge in [0.25, 0.3) is 0 Å². The first-order valence-corrected chi connectivity index (χ1v) is 12.1. The summed E-state index contributed by atoms with van der Waals surface area (Å²) in [4.78, 5) is 25.9. The minimum absolute atomic E-state index is 0.0358. The molecule has 2 aromatic carbocycles. The number of fused-ring (bicyclic) bond motifs is 3. The lowest BCUT2D eigenvalue weighted by molar-refractivity contribution is -0.117. The van der Waals surface area contributed by atoms with Crippen molar-refractivity contribution in [2.24, 2.45) is 0 Å². The lowest BCUT2D eigenvalue weighted by Gasteiger charge is -2.18. The Morgan fingerprint density at radius 3 is 2.56 bits per heavy atom. The number of amides is 1. The molecule has 0 spiro atoms. The second-order valence-electron chi connectivity index (χ2n) is 8.56. The summed E-state index contributed by atoms with van der Waals surface area (Å²) in [6.45, 7) is 9.68. The van der Waals surface area contributed by atoms with E-state index in [1.807, 2.05) is 31.3 Å². The second-order valence-corrected chi connectivity index (χ2v) is 8.56. The quantitative estimate of drug-likeness (QED) is 0.449. The standard InChI is InChI=1S/C27H34N6O/c1-4-33(5-2)17-16-28-15-14-20-10-12-22(13-11-20)30-27-29-19-21-18-25(34)32(3)24-9-7-6-8-23(24)26(21)31-27/h6-13,19,28H,4-5,14-18H2,1-3H3,(H,29,30,31). The van der Waals surface area contributed by atoms with Gasteiger partial charge in [-0.1, -0.05) is 44.2 Å². The van der Waals surface area contributed by atoms with E-state index in [0.717, 1.165) is 67.3 Å². The molecule has 3 aromatic rings. The number of benzene rings is 2. The van der Waals surface area contributed by atoms with Gasteiger partial charge in [0.2, 0.25) is 11.9 Å². The van der Waals surface area contributed by atoms with Gasteiger partial charge in [-0.2, -0.15) is 0 Å². The smallest absolute Gasteiger partial charge is 0.231 e. The van der Waals surface area contributed by atoms with Crippen LogP contribution in [-0.4, -0.2) is 60.5 Å². The van der Waals surface area contributed by atoms with Gasteiger partial charge < -0.3 is 20.4 Å². The molecule has 1 aliphatic rings. The van der Waals surface area contributed by atoms with Gasteiger partial charge in [-0.25, -0.2) is 9.97 Å². The highest BCUT2D eigenvalue weighted by Gasteiger charge is 2.24. The fourth-order valence-corrected chi connectivity index (χ4v) is 4.23. The summed E-state index contributed by atoms with van der Waals surface area (Å²) >= 11 is 0. The number of hydrogen-bond donors (Lipinski definition) is 2. The number of likely N-dealkylation sites (N-methyl/N-ethyl adjacent to an activating group) is 2. The van der Waals surface area contributed by atoms with Gasteiger partial charge in [-0.15, -0.1) is 0 Å². The molecule has 1 aliphatic heterocycles. The van der Waals surface area contributed by atoms with Crippen LogP contribution in [0.4, 0.5) is 17.3 Å². The number of nitrogens with zero attached hydrogens (tertiary/aromatic N) is 4. The first-order valence-electron chi connectivity index (χ1n) is 12.1. The van der Waals surface area contributed by atoms with Crippen LogP contribution in [0.3, 0.4) is 0 Å². The summed E-state index contributed by atoms with van der Waals surface area (Å²) in [6.07, 6.45) is 3.04. The van der Waals surface area contributed by atoms with Crippen LogP contribution in [0.1, 0.15) is 25.0 Å². The zero-order valence-corrected chi connectivity index (χ0v) is 20.3. The van der Waals surface area contributed by atoms with E-state index in [9.17, 15) is 4.79 Å². The summed E-state index contributed by atoms with van der Waals surface area (Å²) in [7, 11) is 1.81. The minimum Gasteiger partial charge on any atom is -0.324 e. The zero-order valence-electron chi connectivity index (χ0n) is 20.3. The van der Waals surface area contributed by atoms with Crippen LogP contribution in [0.5, 0.6) is 0 Å². The van der Waals surface area contributed by atoms with E-state index >= 15 is 0 Å². The van der Waals surface area contributed by atoms with Crippen molar-refractivity contribution in [2.45, 2.75) is 26.7 Å². The predicted molar refractivity (Wildman–Crippen MR) is 139 cm³/mol. The average molecular weight is 459 g/mol. The molecule has 1 amide bonds. The summed E-state index contributed by atoms with van der Waals surface area (Å²) < 4.78 is 0. The van der Waals surface area contributed by atoms with Gasteiger partial charge in [-0.3, -0.25) is 4.79 Å². The van der Waals surface area contributed by atoms with Crippen LogP contribution in [0.2, 0.25) is 0 Å². The van der Waals surface area contributed by atoms with Crippen molar-refractivity contribution in [1.29, 1.82) is 0 Å². The molecular formula is C27H34N6O. The molecule has 0 aliphatic carbocycles. The van der Waals surface area contributed by atoms with Crippen molar-refractivity contribution in [3.8, 4) is 11.3 Å². The van der Waals surface area contributed by atoms with Gasteiger partial charge in [0.1, 0.15) is 0 Å². The molecule has 0 saturated heterocycles. The summed E-state index contributed by atoms with van der Waals surface area (Å²) in [6, 6.07) is 16.3. The molecule has 0 atom stereocenters. The van der Waals surface area contributed by atoms with Crippen molar-refractivity contribution in [3.05, 3.63) is 65.9 Å². The van der Waals surface area contributed by atoms with E-state index in [1.165, 1.54) is 5.56 Å². The summed E-state index contributed by atoms with van der Waals surface area (Å²) in [5.41, 5.74) is 5.69. The molecule has 7 heteroatoms. The van der Waals surface area contributed by atoms with Crippen LogP contribution in [-0.2, 0) is 17.6 Å². The number of carbonyl (C=O) groups is 1. The number of rotatable bonds is 10. The van der Waals surface area contributed by atoms with Crippen LogP contribution in [0.15, 0.2) is 54.7 Å². The maximum absolute atomic E-state index is 12.6. The maximum atomic E-state index is 12.6. The van der Waals surface area contributed by atoms with E-state index in [1.54, 1.807) is 11.1 Å². The molecule has 178 valence electrons. The van der Waals surface area contributed by atoms with Gasteiger partial charge in [-0.05, 0) is 49.8 Å². The molecular weight excluding hydrogens is 424 g/mol. The molecule has 2 N–H and O–H groups in total. The van der Waals surface area contributed by atoms with Crippen LogP contribution >= 0.6 is 0 Å². The van der Waals surface area contributed by atoms with E-state index < -0.39 is 0 Å². The Balaban J connectivity index is 1.39. The van der Waals surface area contributed by atoms with Crippen molar-refractivity contribution >= 4 is 23.2 Å².